The topological polar surface area (TPSA) is 17.8 Å². The minimum atomic E-state index is 0.522. The normalized spacial score (nSPS) is 10.8. The van der Waals surface area contributed by atoms with E-state index in [2.05, 4.69) is 21.7 Å². The third-order valence-electron chi connectivity index (χ3n) is 3.68. The van der Waals surface area contributed by atoms with Crippen molar-refractivity contribution in [2.24, 2.45) is 0 Å². The number of hydrogen-bond donors (Lipinski definition) is 0. The van der Waals surface area contributed by atoms with Gasteiger partial charge >= 0.3 is 0 Å². The Kier molecular flexibility index (Phi) is 4.81. The molecule has 0 fully saturated rings. The molecule has 2 nitrogen and oxygen atoms in total. The lowest BCUT2D eigenvalue weighted by Crippen LogP contribution is -2.06. The molecule has 0 atom stereocenters. The summed E-state index contributed by atoms with van der Waals surface area (Å²) >= 11 is 12.0. The predicted octanol–water partition coefficient (Wildman–Crippen LogP) is 4.91. The van der Waals surface area contributed by atoms with Crippen molar-refractivity contribution in [2.45, 2.75) is 18.8 Å². The molecule has 3 aromatic rings. The first-order chi connectivity index (χ1) is 10.8. The summed E-state index contributed by atoms with van der Waals surface area (Å²) in [5.74, 6) is 1.56. The van der Waals surface area contributed by atoms with Crippen molar-refractivity contribution in [2.75, 3.05) is 0 Å². The summed E-state index contributed by atoms with van der Waals surface area (Å²) in [7, 11) is 0. The lowest BCUT2D eigenvalue weighted by molar-refractivity contribution is 0.739. The second-order valence-electron chi connectivity index (χ2n) is 5.18. The van der Waals surface area contributed by atoms with Crippen molar-refractivity contribution in [3.63, 3.8) is 0 Å². The summed E-state index contributed by atoms with van der Waals surface area (Å²) in [6.45, 7) is 0.787. The molecule has 0 spiro atoms. The van der Waals surface area contributed by atoms with Crippen LogP contribution in [0.15, 0.2) is 60.9 Å². The zero-order valence-electron chi connectivity index (χ0n) is 12.0. The fourth-order valence-corrected chi connectivity index (χ4v) is 2.86. The highest BCUT2D eigenvalue weighted by Crippen LogP contribution is 2.17. The van der Waals surface area contributed by atoms with E-state index >= 15 is 0 Å². The van der Waals surface area contributed by atoms with Gasteiger partial charge in [-0.05, 0) is 28.8 Å². The largest absolute Gasteiger partial charge is 0.330 e. The average molecular weight is 331 g/mol. The van der Waals surface area contributed by atoms with E-state index < -0.39 is 0 Å². The van der Waals surface area contributed by atoms with Crippen molar-refractivity contribution in [1.29, 1.82) is 0 Å². The molecule has 0 aliphatic rings. The van der Waals surface area contributed by atoms with E-state index in [1.54, 1.807) is 0 Å². The Morgan fingerprint density at radius 2 is 1.68 bits per heavy atom. The summed E-state index contributed by atoms with van der Waals surface area (Å²) in [6.07, 6.45) is 4.63. The molecule has 0 aliphatic carbocycles. The van der Waals surface area contributed by atoms with Crippen LogP contribution in [-0.2, 0) is 18.8 Å². The van der Waals surface area contributed by atoms with Gasteiger partial charge in [-0.1, -0.05) is 48.0 Å². The summed E-state index contributed by atoms with van der Waals surface area (Å²) < 4.78 is 2.16. The maximum atomic E-state index is 6.02. The molecule has 112 valence electrons. The molecule has 0 aliphatic heterocycles. The zero-order valence-corrected chi connectivity index (χ0v) is 13.6. The van der Waals surface area contributed by atoms with Crippen LogP contribution < -0.4 is 0 Å². The number of hydrogen-bond acceptors (Lipinski definition) is 1. The van der Waals surface area contributed by atoms with E-state index in [1.807, 2.05) is 48.8 Å². The van der Waals surface area contributed by atoms with Gasteiger partial charge in [0.15, 0.2) is 0 Å². The third-order valence-corrected chi connectivity index (χ3v) is 4.22. The Balaban J connectivity index is 1.81. The Morgan fingerprint density at radius 3 is 2.41 bits per heavy atom. The molecule has 0 amide bonds. The van der Waals surface area contributed by atoms with Crippen LogP contribution in [0.2, 0.25) is 5.02 Å². The number of aromatic nitrogens is 2. The molecular weight excluding hydrogens is 315 g/mol. The van der Waals surface area contributed by atoms with Gasteiger partial charge in [-0.15, -0.1) is 11.6 Å². The lowest BCUT2D eigenvalue weighted by Gasteiger charge is -2.10. The number of imidazole rings is 1. The van der Waals surface area contributed by atoms with Gasteiger partial charge in [0.05, 0.1) is 0 Å². The summed E-state index contributed by atoms with van der Waals surface area (Å²) in [6, 6.07) is 16.1. The van der Waals surface area contributed by atoms with Crippen LogP contribution in [0.3, 0.4) is 0 Å². The maximum Gasteiger partial charge on any atom is 0.113 e. The van der Waals surface area contributed by atoms with Crippen molar-refractivity contribution >= 4 is 23.2 Å². The molecule has 3 rings (SSSR count). The maximum absolute atomic E-state index is 6.02. The van der Waals surface area contributed by atoms with Crippen molar-refractivity contribution in [1.82, 2.24) is 9.55 Å². The standard InChI is InChI=1S/C18H16Cl2N2/c19-12-16-4-2-1-3-15(16)11-18-21-9-10-22(18)13-14-5-7-17(20)8-6-14/h1-10H,11-13H2. The van der Waals surface area contributed by atoms with Crippen LogP contribution in [0.5, 0.6) is 0 Å². The van der Waals surface area contributed by atoms with Crippen molar-refractivity contribution in [3.05, 3.63) is 88.5 Å². The van der Waals surface area contributed by atoms with Gasteiger partial charge in [-0.2, -0.15) is 0 Å². The van der Waals surface area contributed by atoms with E-state index in [9.17, 15) is 0 Å². The quantitative estimate of drug-likeness (QED) is 0.607. The fraction of sp³-hybridized carbons (Fsp3) is 0.167. The minimum absolute atomic E-state index is 0.522. The molecule has 22 heavy (non-hydrogen) atoms. The Bertz CT molecular complexity index is 748. The fourth-order valence-electron chi connectivity index (χ4n) is 2.47. The summed E-state index contributed by atoms with van der Waals surface area (Å²) in [4.78, 5) is 4.49. The van der Waals surface area contributed by atoms with E-state index in [0.717, 1.165) is 29.4 Å². The first kappa shape index (κ1) is 15.1. The monoisotopic (exact) mass is 330 g/mol. The highest BCUT2D eigenvalue weighted by atomic mass is 35.5. The van der Waals surface area contributed by atoms with E-state index in [0.29, 0.717) is 5.88 Å². The molecule has 0 bridgehead atoms. The number of alkyl halides is 1. The number of rotatable bonds is 5. The van der Waals surface area contributed by atoms with Gasteiger partial charge in [0, 0.05) is 36.3 Å². The molecule has 1 aromatic heterocycles. The third kappa shape index (κ3) is 3.52. The molecule has 0 radical (unpaired) electrons. The zero-order chi connectivity index (χ0) is 15.4. The SMILES string of the molecule is ClCc1ccccc1Cc1nccn1Cc1ccc(Cl)cc1. The van der Waals surface area contributed by atoms with Gasteiger partial charge in [-0.3, -0.25) is 0 Å². The van der Waals surface area contributed by atoms with Crippen LogP contribution in [-0.4, -0.2) is 9.55 Å². The number of nitrogens with zero attached hydrogens (tertiary/aromatic N) is 2. The molecule has 0 saturated carbocycles. The Labute approximate surface area is 140 Å². The summed E-state index contributed by atoms with van der Waals surface area (Å²) in [5, 5.41) is 0.755. The predicted molar refractivity (Wildman–Crippen MR) is 91.6 cm³/mol. The lowest BCUT2D eigenvalue weighted by atomic mass is 10.1. The first-order valence-corrected chi connectivity index (χ1v) is 8.04. The molecule has 0 unspecified atom stereocenters. The van der Waals surface area contributed by atoms with Crippen LogP contribution in [0, 0.1) is 0 Å². The van der Waals surface area contributed by atoms with Gasteiger partial charge in [0.25, 0.3) is 0 Å². The van der Waals surface area contributed by atoms with E-state index in [1.165, 1.54) is 11.1 Å². The van der Waals surface area contributed by atoms with E-state index in [4.69, 9.17) is 23.2 Å². The van der Waals surface area contributed by atoms with Crippen molar-refractivity contribution < 1.29 is 0 Å². The minimum Gasteiger partial charge on any atom is -0.330 e. The molecule has 0 N–H and O–H groups in total. The van der Waals surface area contributed by atoms with Crippen LogP contribution >= 0.6 is 23.2 Å². The highest BCUT2D eigenvalue weighted by Gasteiger charge is 2.08. The van der Waals surface area contributed by atoms with Gasteiger partial charge < -0.3 is 4.57 Å². The number of benzene rings is 2. The highest BCUT2D eigenvalue weighted by molar-refractivity contribution is 6.30. The molecule has 4 heteroatoms. The smallest absolute Gasteiger partial charge is 0.113 e. The number of halogens is 2. The molecule has 1 heterocycles. The van der Waals surface area contributed by atoms with Crippen LogP contribution in [0.25, 0.3) is 0 Å². The van der Waals surface area contributed by atoms with Crippen LogP contribution in [0.1, 0.15) is 22.5 Å². The molecule has 0 saturated heterocycles. The Morgan fingerprint density at radius 1 is 0.955 bits per heavy atom. The van der Waals surface area contributed by atoms with Gasteiger partial charge in [-0.25, -0.2) is 4.98 Å². The Hall–Kier alpha value is -1.77. The molecule has 2 aromatic carbocycles. The van der Waals surface area contributed by atoms with Crippen molar-refractivity contribution in [3.8, 4) is 0 Å². The van der Waals surface area contributed by atoms with Gasteiger partial charge in [0.1, 0.15) is 5.82 Å². The summed E-state index contributed by atoms with van der Waals surface area (Å²) in [5.41, 5.74) is 3.58. The van der Waals surface area contributed by atoms with Crippen LogP contribution in [0.4, 0.5) is 0 Å². The van der Waals surface area contributed by atoms with E-state index in [-0.39, 0.29) is 0 Å². The molecular formula is C18H16Cl2N2. The van der Waals surface area contributed by atoms with Gasteiger partial charge in [0.2, 0.25) is 0 Å². The second kappa shape index (κ2) is 6.99. The average Bonchev–Trinajstić information content (AvgIpc) is 2.97. The second-order valence-corrected chi connectivity index (χ2v) is 5.88. The first-order valence-electron chi connectivity index (χ1n) is 7.13.